The first kappa shape index (κ1) is 20.5. The number of hydrogen-bond acceptors (Lipinski definition) is 5. The van der Waals surface area contributed by atoms with Gasteiger partial charge in [0.15, 0.2) is 5.65 Å². The van der Waals surface area contributed by atoms with E-state index in [0.29, 0.717) is 23.4 Å². The van der Waals surface area contributed by atoms with Gasteiger partial charge in [-0.05, 0) is 48.9 Å². The smallest absolute Gasteiger partial charge is 0.270 e. The molecular formula is C26H24N6O2. The van der Waals surface area contributed by atoms with Gasteiger partial charge in [0, 0.05) is 36.6 Å². The molecule has 3 atom stereocenters. The van der Waals surface area contributed by atoms with Crippen molar-refractivity contribution >= 4 is 23.0 Å². The SMILES string of the molecule is O=C(NC1CCC2CC1CN2C(=O)c1cncc(-c2ccccc2)c1)c1ccc2[nH]cnc2n1. The summed E-state index contributed by atoms with van der Waals surface area (Å²) in [6.07, 6.45) is 7.61. The van der Waals surface area contributed by atoms with Crippen molar-refractivity contribution in [2.24, 2.45) is 5.92 Å². The number of carbonyl (C=O) groups excluding carboxylic acids is 2. The van der Waals surface area contributed by atoms with Crippen molar-refractivity contribution in [2.45, 2.75) is 31.3 Å². The van der Waals surface area contributed by atoms with Crippen molar-refractivity contribution in [3.8, 4) is 11.1 Å². The second-order valence-corrected chi connectivity index (χ2v) is 9.06. The number of aromatic amines is 1. The lowest BCUT2D eigenvalue weighted by Crippen LogP contribution is -2.42. The van der Waals surface area contributed by atoms with Crippen molar-refractivity contribution in [3.63, 3.8) is 0 Å². The molecule has 34 heavy (non-hydrogen) atoms. The van der Waals surface area contributed by atoms with Crippen LogP contribution in [-0.2, 0) is 0 Å². The molecule has 1 aliphatic heterocycles. The monoisotopic (exact) mass is 452 g/mol. The number of aromatic nitrogens is 4. The molecule has 170 valence electrons. The first-order valence-corrected chi connectivity index (χ1v) is 11.6. The van der Waals surface area contributed by atoms with Crippen molar-refractivity contribution < 1.29 is 9.59 Å². The van der Waals surface area contributed by atoms with E-state index < -0.39 is 0 Å². The molecule has 2 fully saturated rings. The highest BCUT2D eigenvalue weighted by atomic mass is 16.2. The standard InChI is InChI=1S/C26H24N6O2/c33-25(23-9-8-22-24(30-23)29-15-28-22)31-21-7-6-20-11-19(21)14-32(20)26(34)18-10-17(12-27-13-18)16-4-2-1-3-5-16/h1-5,8-10,12-13,15,19-21H,6-7,11,14H2,(H,31,33)(H,28,29,30). The third-order valence-corrected chi connectivity index (χ3v) is 7.01. The molecule has 6 rings (SSSR count). The molecule has 8 nitrogen and oxygen atoms in total. The van der Waals surface area contributed by atoms with E-state index in [-0.39, 0.29) is 29.8 Å². The van der Waals surface area contributed by atoms with Crippen LogP contribution in [0.25, 0.3) is 22.3 Å². The molecule has 8 heteroatoms. The number of nitrogens with one attached hydrogen (secondary N) is 2. The van der Waals surface area contributed by atoms with Crippen LogP contribution < -0.4 is 5.32 Å². The highest BCUT2D eigenvalue weighted by Gasteiger charge is 2.43. The van der Waals surface area contributed by atoms with Crippen molar-refractivity contribution in [2.75, 3.05) is 6.54 Å². The first-order valence-electron chi connectivity index (χ1n) is 11.6. The fraction of sp³-hybridized carbons (Fsp3) is 0.269. The van der Waals surface area contributed by atoms with Gasteiger partial charge in [0.1, 0.15) is 5.69 Å². The maximum absolute atomic E-state index is 13.4. The number of H-pyrrole nitrogens is 1. The van der Waals surface area contributed by atoms with Crippen molar-refractivity contribution in [3.05, 3.63) is 78.5 Å². The normalized spacial score (nSPS) is 21.5. The summed E-state index contributed by atoms with van der Waals surface area (Å²) in [6, 6.07) is 15.6. The van der Waals surface area contributed by atoms with Crippen LogP contribution in [0.2, 0.25) is 0 Å². The van der Waals surface area contributed by atoms with E-state index in [0.717, 1.165) is 35.9 Å². The van der Waals surface area contributed by atoms with Crippen LogP contribution in [0.4, 0.5) is 0 Å². The predicted octanol–water partition coefficient (Wildman–Crippen LogP) is 3.44. The van der Waals surface area contributed by atoms with E-state index >= 15 is 0 Å². The van der Waals surface area contributed by atoms with Gasteiger partial charge in [-0.15, -0.1) is 0 Å². The number of hydrogen-bond donors (Lipinski definition) is 2. The van der Waals surface area contributed by atoms with E-state index in [2.05, 4.69) is 25.3 Å². The fourth-order valence-electron chi connectivity index (χ4n) is 5.27. The lowest BCUT2D eigenvalue weighted by atomic mass is 9.85. The average Bonchev–Trinajstić information content (AvgIpc) is 3.50. The van der Waals surface area contributed by atoms with Crippen LogP contribution in [0.5, 0.6) is 0 Å². The molecule has 1 saturated heterocycles. The molecule has 4 heterocycles. The minimum atomic E-state index is -0.196. The van der Waals surface area contributed by atoms with Gasteiger partial charge in [-0.3, -0.25) is 14.6 Å². The summed E-state index contributed by atoms with van der Waals surface area (Å²) in [5.41, 5.74) is 4.25. The third kappa shape index (κ3) is 3.71. The molecule has 2 bridgehead atoms. The Balaban J connectivity index is 1.15. The molecule has 1 aromatic carbocycles. The number of pyridine rings is 2. The fourth-order valence-corrected chi connectivity index (χ4v) is 5.27. The van der Waals surface area contributed by atoms with Crippen molar-refractivity contribution in [1.29, 1.82) is 0 Å². The van der Waals surface area contributed by atoms with Gasteiger partial charge in [-0.25, -0.2) is 9.97 Å². The summed E-state index contributed by atoms with van der Waals surface area (Å²) in [6.45, 7) is 0.635. The minimum absolute atomic E-state index is 0.00964. The Morgan fingerprint density at radius 1 is 1.03 bits per heavy atom. The number of amides is 2. The highest BCUT2D eigenvalue weighted by Crippen LogP contribution is 2.37. The van der Waals surface area contributed by atoms with E-state index in [1.165, 1.54) is 0 Å². The number of nitrogens with zero attached hydrogens (tertiary/aromatic N) is 4. The van der Waals surface area contributed by atoms with Gasteiger partial charge in [0.25, 0.3) is 11.8 Å². The summed E-state index contributed by atoms with van der Waals surface area (Å²) >= 11 is 0. The first-order chi connectivity index (χ1) is 16.7. The van der Waals surface area contributed by atoms with E-state index in [4.69, 9.17) is 0 Å². The summed E-state index contributed by atoms with van der Waals surface area (Å²) in [4.78, 5) is 44.0. The minimum Gasteiger partial charge on any atom is -0.348 e. The largest absolute Gasteiger partial charge is 0.348 e. The summed E-state index contributed by atoms with van der Waals surface area (Å²) in [5.74, 6) is 0.0410. The van der Waals surface area contributed by atoms with Crippen LogP contribution in [0.3, 0.4) is 0 Å². The Kier molecular flexibility index (Phi) is 5.05. The maximum atomic E-state index is 13.4. The zero-order valence-electron chi connectivity index (χ0n) is 18.5. The number of carbonyl (C=O) groups is 2. The number of benzene rings is 1. The molecule has 2 N–H and O–H groups in total. The van der Waals surface area contributed by atoms with Crippen LogP contribution in [0.15, 0.2) is 67.3 Å². The Bertz CT molecular complexity index is 1370. The van der Waals surface area contributed by atoms with E-state index in [9.17, 15) is 9.59 Å². The Labute approximate surface area is 196 Å². The molecule has 0 spiro atoms. The number of imidazole rings is 1. The van der Waals surface area contributed by atoms with Gasteiger partial charge in [-0.2, -0.15) is 0 Å². The molecule has 1 aliphatic carbocycles. The number of fused-ring (bicyclic) bond motifs is 3. The van der Waals surface area contributed by atoms with Gasteiger partial charge in [0.05, 0.1) is 17.4 Å². The second kappa shape index (κ2) is 8.37. The molecule has 0 radical (unpaired) electrons. The van der Waals surface area contributed by atoms with Crippen LogP contribution >= 0.6 is 0 Å². The Morgan fingerprint density at radius 3 is 2.79 bits per heavy atom. The lowest BCUT2D eigenvalue weighted by molar-refractivity contribution is 0.0732. The third-order valence-electron chi connectivity index (χ3n) is 7.01. The molecule has 3 unspecified atom stereocenters. The van der Waals surface area contributed by atoms with Crippen molar-refractivity contribution in [1.82, 2.24) is 30.2 Å². The molecule has 2 aliphatic rings. The Hall–Kier alpha value is -4.07. The predicted molar refractivity (Wildman–Crippen MR) is 127 cm³/mol. The highest BCUT2D eigenvalue weighted by molar-refractivity contribution is 5.96. The molecule has 3 aromatic heterocycles. The van der Waals surface area contributed by atoms with Gasteiger partial charge in [-0.1, -0.05) is 30.3 Å². The molecular weight excluding hydrogens is 428 g/mol. The number of rotatable bonds is 4. The van der Waals surface area contributed by atoms with Gasteiger partial charge >= 0.3 is 0 Å². The topological polar surface area (TPSA) is 104 Å². The quantitative estimate of drug-likeness (QED) is 0.494. The van der Waals surface area contributed by atoms with Gasteiger partial charge in [0.2, 0.25) is 0 Å². The summed E-state index contributed by atoms with van der Waals surface area (Å²) in [7, 11) is 0. The molecule has 1 saturated carbocycles. The van der Waals surface area contributed by atoms with Crippen LogP contribution in [0.1, 0.15) is 40.1 Å². The number of likely N-dealkylation sites (tertiary alicyclic amines) is 1. The maximum Gasteiger partial charge on any atom is 0.270 e. The van der Waals surface area contributed by atoms with E-state index in [1.807, 2.05) is 47.4 Å². The zero-order valence-corrected chi connectivity index (χ0v) is 18.5. The molecule has 4 aromatic rings. The van der Waals surface area contributed by atoms with E-state index in [1.54, 1.807) is 24.8 Å². The zero-order chi connectivity index (χ0) is 23.1. The summed E-state index contributed by atoms with van der Waals surface area (Å²) in [5, 5.41) is 3.16. The van der Waals surface area contributed by atoms with Gasteiger partial charge < -0.3 is 15.2 Å². The molecule has 2 amide bonds. The lowest BCUT2D eigenvalue weighted by Gasteiger charge is -2.29. The Morgan fingerprint density at radius 2 is 1.91 bits per heavy atom. The average molecular weight is 453 g/mol. The van der Waals surface area contributed by atoms with Crippen LogP contribution in [0, 0.1) is 5.92 Å². The second-order valence-electron chi connectivity index (χ2n) is 9.06. The summed E-state index contributed by atoms with van der Waals surface area (Å²) < 4.78 is 0. The van der Waals surface area contributed by atoms with Crippen LogP contribution in [-0.4, -0.2) is 55.3 Å².